The standard InChI is InChI=1S/C38H44N2O6/c1-26(41)25-30(43)23-20-28-18-21-29(22-19-28)40-37(45)17-10-16-36(44)39-24-9-3-4-15-35(46-27(2)42)38-33-13-7-5-11-31(33)32-12-6-8-14-34(32)38/h5-8,11-14,18-19,21-22,35,38H,3-4,9-10,15-17,20,23-25H2,1-2H3,(H,39,44)(H,40,45). The highest BCUT2D eigenvalue weighted by Crippen LogP contribution is 2.47. The summed E-state index contributed by atoms with van der Waals surface area (Å²) >= 11 is 0. The number of Topliss-reactive ketones (excluding diaryl/α,β-unsaturated/α-hetero) is 2. The van der Waals surface area contributed by atoms with Crippen LogP contribution in [0.25, 0.3) is 11.1 Å². The molecule has 1 atom stereocenters. The Bertz CT molecular complexity index is 1480. The number of carbonyl (C=O) groups is 5. The van der Waals surface area contributed by atoms with Crippen molar-refractivity contribution in [3.05, 3.63) is 89.5 Å². The number of amides is 2. The van der Waals surface area contributed by atoms with Gasteiger partial charge in [0.05, 0.1) is 6.42 Å². The largest absolute Gasteiger partial charge is 0.462 e. The third kappa shape index (κ3) is 10.2. The molecule has 0 radical (unpaired) electrons. The van der Waals surface area contributed by atoms with Gasteiger partial charge in [0, 0.05) is 44.3 Å². The molecule has 8 nitrogen and oxygen atoms in total. The SMILES string of the molecule is CC(=O)CC(=O)CCc1ccc(NC(=O)CCCC(=O)NCCCCCC(OC(C)=O)C2c3ccccc3-c3ccccc32)cc1. The summed E-state index contributed by atoms with van der Waals surface area (Å²) in [7, 11) is 0. The number of benzene rings is 3. The van der Waals surface area contributed by atoms with E-state index in [9.17, 15) is 24.0 Å². The molecule has 1 unspecified atom stereocenters. The number of aryl methyl sites for hydroxylation is 1. The van der Waals surface area contributed by atoms with E-state index in [0.29, 0.717) is 31.5 Å². The van der Waals surface area contributed by atoms with Crippen LogP contribution in [0.2, 0.25) is 0 Å². The molecular formula is C38H44N2O6. The van der Waals surface area contributed by atoms with Crippen molar-refractivity contribution in [1.82, 2.24) is 5.32 Å². The monoisotopic (exact) mass is 624 g/mol. The Morgan fingerprint density at radius 2 is 1.35 bits per heavy atom. The average Bonchev–Trinajstić information content (AvgIpc) is 3.35. The predicted molar refractivity (Wildman–Crippen MR) is 178 cm³/mol. The minimum absolute atomic E-state index is 0.00821. The molecule has 0 aliphatic heterocycles. The van der Waals surface area contributed by atoms with Crippen molar-refractivity contribution < 1.29 is 28.7 Å². The van der Waals surface area contributed by atoms with Gasteiger partial charge in [0.1, 0.15) is 17.7 Å². The van der Waals surface area contributed by atoms with E-state index in [1.54, 1.807) is 12.1 Å². The third-order valence-electron chi connectivity index (χ3n) is 8.24. The lowest BCUT2D eigenvalue weighted by molar-refractivity contribution is -0.147. The lowest BCUT2D eigenvalue weighted by Gasteiger charge is -2.25. The Morgan fingerprint density at radius 3 is 1.98 bits per heavy atom. The number of hydrogen-bond donors (Lipinski definition) is 2. The van der Waals surface area contributed by atoms with Crippen LogP contribution in [0.5, 0.6) is 0 Å². The van der Waals surface area contributed by atoms with Gasteiger partial charge < -0.3 is 15.4 Å². The van der Waals surface area contributed by atoms with E-state index >= 15 is 0 Å². The molecule has 0 bridgehead atoms. The minimum Gasteiger partial charge on any atom is -0.462 e. The van der Waals surface area contributed by atoms with E-state index in [-0.39, 0.29) is 60.6 Å². The average molecular weight is 625 g/mol. The van der Waals surface area contributed by atoms with Crippen molar-refractivity contribution in [2.45, 2.75) is 90.1 Å². The molecule has 3 aromatic carbocycles. The number of esters is 1. The van der Waals surface area contributed by atoms with Gasteiger partial charge in [-0.05, 0) is 79.0 Å². The summed E-state index contributed by atoms with van der Waals surface area (Å²) in [6.45, 7) is 3.43. The first-order valence-corrected chi connectivity index (χ1v) is 16.2. The van der Waals surface area contributed by atoms with Gasteiger partial charge in [-0.15, -0.1) is 0 Å². The zero-order valence-corrected chi connectivity index (χ0v) is 26.8. The van der Waals surface area contributed by atoms with Gasteiger partial charge in [-0.3, -0.25) is 24.0 Å². The summed E-state index contributed by atoms with van der Waals surface area (Å²) in [5, 5.41) is 5.78. The van der Waals surface area contributed by atoms with Crippen molar-refractivity contribution in [2.75, 3.05) is 11.9 Å². The maximum Gasteiger partial charge on any atom is 0.302 e. The second-order valence-corrected chi connectivity index (χ2v) is 12.0. The van der Waals surface area contributed by atoms with E-state index in [1.165, 1.54) is 36.1 Å². The van der Waals surface area contributed by atoms with Crippen LogP contribution >= 0.6 is 0 Å². The van der Waals surface area contributed by atoms with E-state index in [2.05, 4.69) is 34.9 Å². The molecule has 0 fully saturated rings. The summed E-state index contributed by atoms with van der Waals surface area (Å²) in [6, 6.07) is 23.9. The minimum atomic E-state index is -0.280. The van der Waals surface area contributed by atoms with E-state index in [4.69, 9.17) is 4.74 Å². The highest BCUT2D eigenvalue weighted by atomic mass is 16.5. The molecule has 0 saturated heterocycles. The fraction of sp³-hybridized carbons (Fsp3) is 0.395. The number of nitrogens with one attached hydrogen (secondary N) is 2. The maximum atomic E-state index is 12.3. The number of ether oxygens (including phenoxy) is 1. The first-order chi connectivity index (χ1) is 22.2. The van der Waals surface area contributed by atoms with Crippen LogP contribution in [0.3, 0.4) is 0 Å². The fourth-order valence-corrected chi connectivity index (χ4v) is 6.10. The van der Waals surface area contributed by atoms with E-state index < -0.39 is 0 Å². The Labute approximate surface area is 271 Å². The Hall–Kier alpha value is -4.59. The van der Waals surface area contributed by atoms with Gasteiger partial charge in [-0.25, -0.2) is 0 Å². The number of anilines is 1. The number of rotatable bonds is 18. The first-order valence-electron chi connectivity index (χ1n) is 16.2. The molecule has 46 heavy (non-hydrogen) atoms. The predicted octanol–water partition coefficient (Wildman–Crippen LogP) is 6.70. The number of ketones is 2. The molecule has 0 saturated carbocycles. The Kier molecular flexibility index (Phi) is 12.8. The number of fused-ring (bicyclic) bond motifs is 3. The summed E-state index contributed by atoms with van der Waals surface area (Å²) < 4.78 is 5.87. The topological polar surface area (TPSA) is 119 Å². The zero-order valence-electron chi connectivity index (χ0n) is 26.8. The molecule has 8 heteroatoms. The molecular weight excluding hydrogens is 580 g/mol. The van der Waals surface area contributed by atoms with E-state index in [0.717, 1.165) is 31.2 Å². The molecule has 1 aliphatic rings. The molecule has 2 N–H and O–H groups in total. The number of carbonyl (C=O) groups excluding carboxylic acids is 5. The van der Waals surface area contributed by atoms with Crippen LogP contribution in [-0.4, -0.2) is 42.0 Å². The van der Waals surface area contributed by atoms with Crippen molar-refractivity contribution in [3.8, 4) is 11.1 Å². The smallest absolute Gasteiger partial charge is 0.302 e. The van der Waals surface area contributed by atoms with Crippen molar-refractivity contribution in [2.24, 2.45) is 0 Å². The lowest BCUT2D eigenvalue weighted by Crippen LogP contribution is -2.25. The van der Waals surface area contributed by atoms with E-state index in [1.807, 2.05) is 36.4 Å². The quantitative estimate of drug-likeness (QED) is 0.0924. The number of unbranched alkanes of at least 4 members (excludes halogenated alkanes) is 2. The summed E-state index contributed by atoms with van der Waals surface area (Å²) in [4.78, 5) is 59.4. The fourth-order valence-electron chi connectivity index (χ4n) is 6.10. The highest BCUT2D eigenvalue weighted by Gasteiger charge is 2.35. The van der Waals surface area contributed by atoms with Crippen LogP contribution < -0.4 is 10.6 Å². The van der Waals surface area contributed by atoms with Gasteiger partial charge >= 0.3 is 5.97 Å². The molecule has 0 heterocycles. The van der Waals surface area contributed by atoms with Crippen molar-refractivity contribution >= 4 is 35.0 Å². The third-order valence-corrected chi connectivity index (χ3v) is 8.24. The summed E-state index contributed by atoms with van der Waals surface area (Å²) in [5.74, 6) is -0.708. The summed E-state index contributed by atoms with van der Waals surface area (Å²) in [6.07, 6.45) is 4.85. The van der Waals surface area contributed by atoms with Crippen LogP contribution in [-0.2, 0) is 35.1 Å². The molecule has 2 amide bonds. The molecule has 242 valence electrons. The van der Waals surface area contributed by atoms with Crippen LogP contribution in [0, 0.1) is 0 Å². The van der Waals surface area contributed by atoms with Gasteiger partial charge in [0.15, 0.2) is 0 Å². The molecule has 4 rings (SSSR count). The zero-order chi connectivity index (χ0) is 32.9. The first kappa shape index (κ1) is 34.3. The maximum absolute atomic E-state index is 12.3. The van der Waals surface area contributed by atoms with Crippen LogP contribution in [0.4, 0.5) is 5.69 Å². The van der Waals surface area contributed by atoms with Crippen LogP contribution in [0.15, 0.2) is 72.8 Å². The molecule has 3 aromatic rings. The lowest BCUT2D eigenvalue weighted by atomic mass is 9.88. The van der Waals surface area contributed by atoms with Crippen molar-refractivity contribution in [1.29, 1.82) is 0 Å². The van der Waals surface area contributed by atoms with Crippen molar-refractivity contribution in [3.63, 3.8) is 0 Å². The molecule has 1 aliphatic carbocycles. The van der Waals surface area contributed by atoms with Gasteiger partial charge in [0.25, 0.3) is 0 Å². The molecule has 0 spiro atoms. The second kappa shape index (κ2) is 17.2. The van der Waals surface area contributed by atoms with Crippen LogP contribution in [0.1, 0.15) is 94.2 Å². The summed E-state index contributed by atoms with van der Waals surface area (Å²) in [5.41, 5.74) is 6.40. The second-order valence-electron chi connectivity index (χ2n) is 12.0. The van der Waals surface area contributed by atoms with Gasteiger partial charge in [-0.1, -0.05) is 67.1 Å². The Morgan fingerprint density at radius 1 is 0.717 bits per heavy atom. The highest BCUT2D eigenvalue weighted by molar-refractivity contribution is 5.98. The van der Waals surface area contributed by atoms with Gasteiger partial charge in [0.2, 0.25) is 11.8 Å². The number of hydrogen-bond acceptors (Lipinski definition) is 6. The van der Waals surface area contributed by atoms with Gasteiger partial charge in [-0.2, -0.15) is 0 Å². The molecule has 0 aromatic heterocycles. The normalized spacial score (nSPS) is 12.5. The Balaban J connectivity index is 1.11.